The third kappa shape index (κ3) is 2.32. The second-order valence-electron chi connectivity index (χ2n) is 3.17. The minimum Gasteiger partial charge on any atom is -0.207 e. The molecule has 0 N–H and O–H groups in total. The van der Waals surface area contributed by atoms with Crippen LogP contribution in [0, 0.1) is 11.9 Å². The van der Waals surface area contributed by atoms with E-state index in [1.807, 2.05) is 0 Å². The molecule has 0 amide bonds. The van der Waals surface area contributed by atoms with E-state index in [2.05, 4.69) is 6.07 Å². The van der Waals surface area contributed by atoms with Gasteiger partial charge in [-0.05, 0) is 30.3 Å². The van der Waals surface area contributed by atoms with Gasteiger partial charge in [0.15, 0.2) is 0 Å². The largest absolute Gasteiger partial charge is 0.207 e. The first-order chi connectivity index (χ1) is 7.58. The average Bonchev–Trinajstić information content (AvgIpc) is 2.22. The molecule has 0 aromatic heterocycles. The third-order valence-electron chi connectivity index (χ3n) is 2.09. The van der Waals surface area contributed by atoms with Crippen LogP contribution in [0.4, 0.5) is 4.39 Å². The van der Waals surface area contributed by atoms with Gasteiger partial charge in [-0.25, -0.2) is 4.39 Å². The summed E-state index contributed by atoms with van der Waals surface area (Å²) < 4.78 is 12.9. The SMILES string of the molecule is Fc1ccc(-c2cc(Cl)[c]cc2Cl)c(Cl)c1. The molecule has 0 fully saturated rings. The Morgan fingerprint density at radius 2 is 1.69 bits per heavy atom. The number of hydrogen-bond acceptors (Lipinski definition) is 0. The minimum absolute atomic E-state index is 0.296. The fraction of sp³-hybridized carbons (Fsp3) is 0. The van der Waals surface area contributed by atoms with E-state index >= 15 is 0 Å². The van der Waals surface area contributed by atoms with Crippen LogP contribution in [-0.2, 0) is 0 Å². The maximum Gasteiger partial charge on any atom is 0.124 e. The van der Waals surface area contributed by atoms with Crippen LogP contribution in [0.15, 0.2) is 30.3 Å². The zero-order valence-corrected chi connectivity index (χ0v) is 10.2. The lowest BCUT2D eigenvalue weighted by atomic mass is 10.1. The summed E-state index contributed by atoms with van der Waals surface area (Å²) in [5.41, 5.74) is 1.30. The summed E-state index contributed by atoms with van der Waals surface area (Å²) in [6.07, 6.45) is 0. The Balaban J connectivity index is 2.62. The molecule has 16 heavy (non-hydrogen) atoms. The lowest BCUT2D eigenvalue weighted by Gasteiger charge is -2.07. The molecule has 0 unspecified atom stereocenters. The van der Waals surface area contributed by atoms with Crippen LogP contribution in [0.1, 0.15) is 0 Å². The molecular formula is C12H5Cl3F. The first kappa shape index (κ1) is 11.7. The van der Waals surface area contributed by atoms with E-state index < -0.39 is 5.82 Å². The molecule has 0 bridgehead atoms. The van der Waals surface area contributed by atoms with Crippen LogP contribution < -0.4 is 0 Å². The van der Waals surface area contributed by atoms with Gasteiger partial charge < -0.3 is 0 Å². The summed E-state index contributed by atoms with van der Waals surface area (Å²) in [5.74, 6) is -0.390. The van der Waals surface area contributed by atoms with Crippen LogP contribution in [0.2, 0.25) is 15.1 Å². The van der Waals surface area contributed by atoms with Crippen molar-refractivity contribution in [1.82, 2.24) is 0 Å². The van der Waals surface area contributed by atoms with Crippen LogP contribution in [0.3, 0.4) is 0 Å². The lowest BCUT2D eigenvalue weighted by Crippen LogP contribution is -1.83. The first-order valence-electron chi connectivity index (χ1n) is 4.40. The highest BCUT2D eigenvalue weighted by molar-refractivity contribution is 6.37. The van der Waals surface area contributed by atoms with E-state index in [1.54, 1.807) is 18.2 Å². The highest BCUT2D eigenvalue weighted by Crippen LogP contribution is 2.34. The van der Waals surface area contributed by atoms with Gasteiger partial charge in [0.1, 0.15) is 5.82 Å². The molecule has 2 aromatic carbocycles. The number of hydrogen-bond donors (Lipinski definition) is 0. The zero-order chi connectivity index (χ0) is 11.7. The lowest BCUT2D eigenvalue weighted by molar-refractivity contribution is 0.628. The highest BCUT2D eigenvalue weighted by Gasteiger charge is 2.09. The molecule has 0 saturated carbocycles. The Labute approximate surface area is 108 Å². The Morgan fingerprint density at radius 3 is 2.38 bits per heavy atom. The van der Waals surface area contributed by atoms with Gasteiger partial charge in [0, 0.05) is 27.2 Å². The summed E-state index contributed by atoms with van der Waals surface area (Å²) in [6, 6.07) is 10.1. The molecule has 81 valence electrons. The number of benzene rings is 2. The molecule has 1 radical (unpaired) electrons. The van der Waals surface area contributed by atoms with Crippen molar-refractivity contribution < 1.29 is 4.39 Å². The monoisotopic (exact) mass is 273 g/mol. The Hall–Kier alpha value is -0.760. The molecule has 0 heterocycles. The molecule has 0 aliphatic rings. The van der Waals surface area contributed by atoms with Gasteiger partial charge in [0.05, 0.1) is 5.02 Å². The molecule has 0 spiro atoms. The predicted molar refractivity (Wildman–Crippen MR) is 65.7 cm³/mol. The number of halogens is 4. The van der Waals surface area contributed by atoms with Crippen molar-refractivity contribution in [3.63, 3.8) is 0 Å². The van der Waals surface area contributed by atoms with Crippen LogP contribution >= 0.6 is 34.8 Å². The van der Waals surface area contributed by atoms with Crippen LogP contribution in [-0.4, -0.2) is 0 Å². The minimum atomic E-state index is -0.390. The van der Waals surface area contributed by atoms with E-state index in [9.17, 15) is 4.39 Å². The standard InChI is InChI=1S/C12H5Cl3F/c13-7-1-4-11(14)10(5-7)9-3-2-8(16)6-12(9)15/h2-6H. The Morgan fingerprint density at radius 1 is 0.938 bits per heavy atom. The van der Waals surface area contributed by atoms with Crippen LogP contribution in [0.25, 0.3) is 11.1 Å². The van der Waals surface area contributed by atoms with E-state index in [1.165, 1.54) is 12.1 Å². The second-order valence-corrected chi connectivity index (χ2v) is 4.39. The summed E-state index contributed by atoms with van der Waals surface area (Å²) in [5, 5.41) is 1.20. The average molecular weight is 275 g/mol. The van der Waals surface area contributed by atoms with Crippen molar-refractivity contribution in [2.45, 2.75) is 0 Å². The molecular weight excluding hydrogens is 269 g/mol. The molecule has 2 aromatic rings. The van der Waals surface area contributed by atoms with Gasteiger partial charge in [0.25, 0.3) is 0 Å². The molecule has 0 atom stereocenters. The van der Waals surface area contributed by atoms with Crippen molar-refractivity contribution in [3.8, 4) is 11.1 Å². The molecule has 0 aliphatic carbocycles. The number of rotatable bonds is 1. The van der Waals surface area contributed by atoms with Gasteiger partial charge >= 0.3 is 0 Å². The molecule has 0 saturated heterocycles. The van der Waals surface area contributed by atoms with Crippen molar-refractivity contribution in [1.29, 1.82) is 0 Å². The van der Waals surface area contributed by atoms with Crippen LogP contribution in [0.5, 0.6) is 0 Å². The summed E-state index contributed by atoms with van der Waals surface area (Å²) in [6.45, 7) is 0. The van der Waals surface area contributed by atoms with Gasteiger partial charge in [0.2, 0.25) is 0 Å². The topological polar surface area (TPSA) is 0 Å². The Bertz CT molecular complexity index is 538. The normalized spacial score (nSPS) is 10.5. The quantitative estimate of drug-likeness (QED) is 0.666. The fourth-order valence-electron chi connectivity index (χ4n) is 1.36. The third-order valence-corrected chi connectivity index (χ3v) is 2.93. The smallest absolute Gasteiger partial charge is 0.124 e. The molecule has 0 nitrogen and oxygen atoms in total. The van der Waals surface area contributed by atoms with E-state index in [0.717, 1.165) is 0 Å². The maximum atomic E-state index is 12.9. The zero-order valence-electron chi connectivity index (χ0n) is 7.90. The fourth-order valence-corrected chi connectivity index (χ4v) is 2.01. The van der Waals surface area contributed by atoms with Crippen molar-refractivity contribution >= 4 is 34.8 Å². The van der Waals surface area contributed by atoms with Crippen molar-refractivity contribution in [3.05, 3.63) is 57.3 Å². The van der Waals surface area contributed by atoms with Gasteiger partial charge in [-0.15, -0.1) is 0 Å². The maximum absolute atomic E-state index is 12.9. The van der Waals surface area contributed by atoms with Gasteiger partial charge in [-0.3, -0.25) is 0 Å². The summed E-state index contributed by atoms with van der Waals surface area (Å²) in [4.78, 5) is 0. The summed E-state index contributed by atoms with van der Waals surface area (Å²) in [7, 11) is 0. The predicted octanol–water partition coefficient (Wildman–Crippen LogP) is 5.25. The van der Waals surface area contributed by atoms with Gasteiger partial charge in [-0.1, -0.05) is 34.8 Å². The highest BCUT2D eigenvalue weighted by atomic mass is 35.5. The van der Waals surface area contributed by atoms with E-state index in [-0.39, 0.29) is 0 Å². The first-order valence-corrected chi connectivity index (χ1v) is 5.53. The molecule has 4 heteroatoms. The van der Waals surface area contributed by atoms with Crippen molar-refractivity contribution in [2.24, 2.45) is 0 Å². The van der Waals surface area contributed by atoms with Crippen molar-refractivity contribution in [2.75, 3.05) is 0 Å². The van der Waals surface area contributed by atoms with Gasteiger partial charge in [-0.2, -0.15) is 0 Å². The Kier molecular flexibility index (Phi) is 3.38. The summed E-state index contributed by atoms with van der Waals surface area (Å²) >= 11 is 17.8. The molecule has 0 aliphatic heterocycles. The van der Waals surface area contributed by atoms with E-state index in [0.29, 0.717) is 26.2 Å². The molecule has 2 rings (SSSR count). The second kappa shape index (κ2) is 4.62. The van der Waals surface area contributed by atoms with E-state index in [4.69, 9.17) is 34.8 Å².